The summed E-state index contributed by atoms with van der Waals surface area (Å²) >= 11 is 0. The second-order valence-electron chi connectivity index (χ2n) is 9.26. The maximum absolute atomic E-state index is 13.4. The molecule has 1 aliphatic heterocycles. The first-order valence-corrected chi connectivity index (χ1v) is 12.1. The lowest BCUT2D eigenvalue weighted by atomic mass is 9.82. The number of halogens is 3. The molecule has 1 atom stereocenters. The molecule has 1 saturated heterocycles. The van der Waals surface area contributed by atoms with Crippen molar-refractivity contribution < 1.29 is 13.2 Å². The largest absolute Gasteiger partial charge is 0.433 e. The summed E-state index contributed by atoms with van der Waals surface area (Å²) in [5.74, 6) is 0.668. The topological polar surface area (TPSA) is 94.7 Å². The Morgan fingerprint density at radius 1 is 1.06 bits per heavy atom. The molecule has 0 amide bonds. The molecular formula is C26H26F3N5O2. The van der Waals surface area contributed by atoms with Gasteiger partial charge in [-0.1, -0.05) is 18.2 Å². The average molecular weight is 498 g/mol. The first-order valence-electron chi connectivity index (χ1n) is 12.1. The normalized spacial score (nSPS) is 18.4. The zero-order chi connectivity index (χ0) is 25.3. The maximum atomic E-state index is 13.4. The number of aromatic amines is 2. The van der Waals surface area contributed by atoms with Crippen LogP contribution in [0.25, 0.3) is 5.57 Å². The van der Waals surface area contributed by atoms with E-state index in [9.17, 15) is 22.8 Å². The van der Waals surface area contributed by atoms with Crippen molar-refractivity contribution in [1.29, 1.82) is 0 Å². The van der Waals surface area contributed by atoms with Gasteiger partial charge >= 0.3 is 11.9 Å². The summed E-state index contributed by atoms with van der Waals surface area (Å²) in [5.41, 5.74) is 0.350. The van der Waals surface area contributed by atoms with Gasteiger partial charge < -0.3 is 9.88 Å². The van der Waals surface area contributed by atoms with Crippen LogP contribution in [-0.4, -0.2) is 33.0 Å². The van der Waals surface area contributed by atoms with Crippen molar-refractivity contribution >= 4 is 11.4 Å². The van der Waals surface area contributed by atoms with Crippen LogP contribution in [0.1, 0.15) is 66.2 Å². The number of anilines is 1. The predicted molar refractivity (Wildman–Crippen MR) is 130 cm³/mol. The molecular weight excluding hydrogens is 471 g/mol. The third kappa shape index (κ3) is 4.98. The van der Waals surface area contributed by atoms with Crippen LogP contribution >= 0.6 is 0 Å². The third-order valence-electron chi connectivity index (χ3n) is 6.90. The second-order valence-corrected chi connectivity index (χ2v) is 9.26. The van der Waals surface area contributed by atoms with Crippen LogP contribution in [0.15, 0.2) is 52.2 Å². The standard InChI is InChI=1S/C26H26F3N5O2/c27-26(28,29)23-19(6-4-12-30-23)16-8-10-17(11-9-16)22-20(24(35)33-25(36)32-22)15-18-5-3-7-21(31-18)34-13-1-2-14-34/h3-8,12,17H,1-2,9-11,13-15H2,(H2,32,33,35,36). The average Bonchev–Trinajstić information content (AvgIpc) is 3.41. The monoisotopic (exact) mass is 497 g/mol. The van der Waals surface area contributed by atoms with Crippen LogP contribution in [0.4, 0.5) is 19.0 Å². The first kappa shape index (κ1) is 24.0. The van der Waals surface area contributed by atoms with Crippen LogP contribution in [0.3, 0.4) is 0 Å². The van der Waals surface area contributed by atoms with Crippen molar-refractivity contribution in [3.63, 3.8) is 0 Å². The Balaban J connectivity index is 1.43. The van der Waals surface area contributed by atoms with Crippen molar-refractivity contribution in [3.05, 3.63) is 91.7 Å². The molecule has 188 valence electrons. The van der Waals surface area contributed by atoms with Gasteiger partial charge in [0.25, 0.3) is 5.56 Å². The van der Waals surface area contributed by atoms with Gasteiger partial charge in [-0.15, -0.1) is 0 Å². The van der Waals surface area contributed by atoms with Gasteiger partial charge in [0.05, 0.1) is 0 Å². The fourth-order valence-corrected chi connectivity index (χ4v) is 5.15. The molecule has 3 aromatic heterocycles. The van der Waals surface area contributed by atoms with Crippen molar-refractivity contribution in [1.82, 2.24) is 19.9 Å². The van der Waals surface area contributed by atoms with Crippen LogP contribution in [-0.2, 0) is 12.6 Å². The van der Waals surface area contributed by atoms with E-state index in [0.29, 0.717) is 36.1 Å². The molecule has 1 unspecified atom stereocenters. The van der Waals surface area contributed by atoms with Gasteiger partial charge in [0, 0.05) is 54.1 Å². The Hall–Kier alpha value is -3.69. The summed E-state index contributed by atoms with van der Waals surface area (Å²) in [6.07, 6.45) is 2.10. The minimum absolute atomic E-state index is 0.0750. The van der Waals surface area contributed by atoms with E-state index in [0.717, 1.165) is 43.6 Å². The lowest BCUT2D eigenvalue weighted by molar-refractivity contribution is -0.141. The Morgan fingerprint density at radius 3 is 2.58 bits per heavy atom. The number of alkyl halides is 3. The molecule has 1 aliphatic carbocycles. The summed E-state index contributed by atoms with van der Waals surface area (Å²) in [6.45, 7) is 1.90. The molecule has 7 nitrogen and oxygen atoms in total. The maximum Gasteiger partial charge on any atom is 0.433 e. The highest BCUT2D eigenvalue weighted by atomic mass is 19.4. The summed E-state index contributed by atoms with van der Waals surface area (Å²) in [7, 11) is 0. The van der Waals surface area contributed by atoms with Gasteiger partial charge in [-0.25, -0.2) is 9.78 Å². The highest BCUT2D eigenvalue weighted by molar-refractivity contribution is 5.68. The van der Waals surface area contributed by atoms with Crippen LogP contribution in [0.2, 0.25) is 0 Å². The molecule has 0 saturated carbocycles. The lowest BCUT2D eigenvalue weighted by Crippen LogP contribution is -2.30. The van der Waals surface area contributed by atoms with Crippen LogP contribution < -0.4 is 16.1 Å². The molecule has 0 aromatic carbocycles. The number of aromatic nitrogens is 4. The Labute approximate surface area is 205 Å². The fourth-order valence-electron chi connectivity index (χ4n) is 5.15. The van der Waals surface area contributed by atoms with E-state index < -0.39 is 23.1 Å². The number of rotatable bonds is 5. The van der Waals surface area contributed by atoms with Crippen molar-refractivity contribution in [2.75, 3.05) is 18.0 Å². The van der Waals surface area contributed by atoms with Crippen molar-refractivity contribution in [3.8, 4) is 0 Å². The molecule has 4 heterocycles. The number of H-pyrrole nitrogens is 2. The van der Waals surface area contributed by atoms with E-state index in [1.54, 1.807) is 6.08 Å². The van der Waals surface area contributed by atoms with E-state index in [2.05, 4.69) is 19.9 Å². The molecule has 2 N–H and O–H groups in total. The van der Waals surface area contributed by atoms with Gasteiger partial charge in [0.1, 0.15) is 5.82 Å². The van der Waals surface area contributed by atoms with Gasteiger partial charge in [-0.05, 0) is 55.9 Å². The molecule has 0 radical (unpaired) electrons. The minimum atomic E-state index is -4.55. The number of nitrogens with zero attached hydrogens (tertiary/aromatic N) is 3. The molecule has 0 spiro atoms. The Morgan fingerprint density at radius 2 is 1.86 bits per heavy atom. The van der Waals surface area contributed by atoms with Gasteiger partial charge in [-0.2, -0.15) is 13.2 Å². The summed E-state index contributed by atoms with van der Waals surface area (Å²) < 4.78 is 40.3. The lowest BCUT2D eigenvalue weighted by Gasteiger charge is -2.25. The summed E-state index contributed by atoms with van der Waals surface area (Å²) in [6, 6.07) is 8.65. The zero-order valence-electron chi connectivity index (χ0n) is 19.6. The molecule has 10 heteroatoms. The molecule has 2 aliphatic rings. The molecule has 0 bridgehead atoms. The van der Waals surface area contributed by atoms with Gasteiger partial charge in [-0.3, -0.25) is 14.8 Å². The SMILES string of the molecule is O=c1[nH]c(C2CC=C(c3cccnc3C(F)(F)F)CC2)c(Cc2cccc(N3CCCC3)n2)c(=O)[nH]1. The molecule has 36 heavy (non-hydrogen) atoms. The first-order chi connectivity index (χ1) is 17.3. The Bertz CT molecular complexity index is 1400. The number of hydrogen-bond acceptors (Lipinski definition) is 5. The number of hydrogen-bond donors (Lipinski definition) is 2. The smallest absolute Gasteiger partial charge is 0.357 e. The van der Waals surface area contributed by atoms with E-state index in [-0.39, 0.29) is 17.9 Å². The second kappa shape index (κ2) is 9.75. The zero-order valence-corrected chi connectivity index (χ0v) is 19.6. The number of allylic oxidation sites excluding steroid dienone is 2. The van der Waals surface area contributed by atoms with E-state index in [1.807, 2.05) is 18.2 Å². The third-order valence-corrected chi connectivity index (χ3v) is 6.90. The summed E-state index contributed by atoms with van der Waals surface area (Å²) in [4.78, 5) is 40.6. The van der Waals surface area contributed by atoms with Crippen molar-refractivity contribution in [2.24, 2.45) is 0 Å². The fraction of sp³-hybridized carbons (Fsp3) is 0.385. The molecule has 3 aromatic rings. The van der Waals surface area contributed by atoms with Gasteiger partial charge in [0.2, 0.25) is 0 Å². The van der Waals surface area contributed by atoms with Gasteiger partial charge in [0.15, 0.2) is 5.69 Å². The molecule has 5 rings (SSSR count). The summed E-state index contributed by atoms with van der Waals surface area (Å²) in [5, 5.41) is 0. The van der Waals surface area contributed by atoms with Crippen molar-refractivity contribution in [2.45, 2.75) is 50.6 Å². The Kier molecular flexibility index (Phi) is 6.51. The van der Waals surface area contributed by atoms with Crippen LogP contribution in [0, 0.1) is 0 Å². The van der Waals surface area contributed by atoms with E-state index in [1.165, 1.54) is 12.1 Å². The highest BCUT2D eigenvalue weighted by Gasteiger charge is 2.36. The highest BCUT2D eigenvalue weighted by Crippen LogP contribution is 2.40. The van der Waals surface area contributed by atoms with E-state index in [4.69, 9.17) is 4.98 Å². The number of nitrogens with one attached hydrogen (secondary N) is 2. The number of pyridine rings is 2. The molecule has 1 fully saturated rings. The minimum Gasteiger partial charge on any atom is -0.357 e. The van der Waals surface area contributed by atoms with Crippen LogP contribution in [0.5, 0.6) is 0 Å². The van der Waals surface area contributed by atoms with E-state index >= 15 is 0 Å². The quantitative estimate of drug-likeness (QED) is 0.545. The predicted octanol–water partition coefficient (Wildman–Crippen LogP) is 4.41.